The van der Waals surface area contributed by atoms with E-state index in [-0.39, 0.29) is 0 Å². The Morgan fingerprint density at radius 2 is 2.18 bits per heavy atom. The summed E-state index contributed by atoms with van der Waals surface area (Å²) in [6, 6.07) is 9.19. The van der Waals surface area contributed by atoms with E-state index < -0.39 is 0 Å². The molecule has 0 spiro atoms. The predicted octanol–water partition coefficient (Wildman–Crippen LogP) is 2.75. The minimum atomic E-state index is 0.469. The Balaban J connectivity index is 1.74. The lowest BCUT2D eigenvalue weighted by Gasteiger charge is -2.18. The Hall–Kier alpha value is -1.57. The Morgan fingerprint density at radius 3 is 3.00 bits per heavy atom. The highest BCUT2D eigenvalue weighted by atomic mass is 15.2. The summed E-state index contributed by atoms with van der Waals surface area (Å²) in [4.78, 5) is 6.70. The fraction of sp³-hybridized carbons (Fsp3) is 0.400. The van der Waals surface area contributed by atoms with Crippen molar-refractivity contribution in [2.75, 3.05) is 13.6 Å². The second kappa shape index (κ2) is 4.36. The molecule has 0 fully saturated rings. The van der Waals surface area contributed by atoms with Crippen LogP contribution < -0.4 is 0 Å². The first-order valence-electron chi connectivity index (χ1n) is 6.32. The maximum absolute atomic E-state index is 4.53. The summed E-state index contributed by atoms with van der Waals surface area (Å²) >= 11 is 0. The summed E-state index contributed by atoms with van der Waals surface area (Å²) in [5, 5.41) is 0. The normalized spacial score (nSPS) is 22.5. The van der Waals surface area contributed by atoms with Crippen molar-refractivity contribution >= 4 is 12.4 Å². The van der Waals surface area contributed by atoms with E-state index in [4.69, 9.17) is 0 Å². The second-order valence-electron chi connectivity index (χ2n) is 5.06. The van der Waals surface area contributed by atoms with Crippen LogP contribution in [0.2, 0.25) is 0 Å². The minimum Gasteiger partial charge on any atom is -0.364 e. The molecule has 0 bridgehead atoms. The van der Waals surface area contributed by atoms with Crippen LogP contribution in [0.25, 0.3) is 6.08 Å². The first kappa shape index (κ1) is 10.6. The summed E-state index contributed by atoms with van der Waals surface area (Å²) in [6.45, 7) is 1.07. The highest BCUT2D eigenvalue weighted by Gasteiger charge is 2.18. The van der Waals surface area contributed by atoms with Gasteiger partial charge in [0.05, 0.1) is 12.4 Å². The lowest BCUT2D eigenvalue weighted by atomic mass is 9.89. The van der Waals surface area contributed by atoms with Gasteiger partial charge >= 0.3 is 0 Å². The quantitative estimate of drug-likeness (QED) is 0.757. The second-order valence-corrected chi connectivity index (χ2v) is 5.06. The van der Waals surface area contributed by atoms with E-state index in [9.17, 15) is 0 Å². The van der Waals surface area contributed by atoms with Crippen molar-refractivity contribution in [3.8, 4) is 0 Å². The molecule has 0 radical (unpaired) electrons. The first-order valence-corrected chi connectivity index (χ1v) is 6.32. The molecule has 0 amide bonds. The Labute approximate surface area is 103 Å². The summed E-state index contributed by atoms with van der Waals surface area (Å²) in [5.41, 5.74) is 4.45. The molecule has 1 unspecified atom stereocenters. The van der Waals surface area contributed by atoms with Crippen LogP contribution in [0.4, 0.5) is 0 Å². The van der Waals surface area contributed by atoms with Crippen LogP contribution >= 0.6 is 0 Å². The molecule has 88 valence electrons. The predicted molar refractivity (Wildman–Crippen MR) is 72.3 cm³/mol. The van der Waals surface area contributed by atoms with Crippen LogP contribution in [0.15, 0.2) is 34.8 Å². The zero-order valence-corrected chi connectivity index (χ0v) is 10.3. The summed E-state index contributed by atoms with van der Waals surface area (Å²) in [5.74, 6) is 0. The maximum atomic E-state index is 4.53. The van der Waals surface area contributed by atoms with Gasteiger partial charge in [-0.3, -0.25) is 4.99 Å². The van der Waals surface area contributed by atoms with Crippen LogP contribution in [0.3, 0.4) is 0 Å². The fourth-order valence-corrected chi connectivity index (χ4v) is 2.71. The molecule has 1 aliphatic carbocycles. The molecule has 2 heteroatoms. The number of hydrogen-bond acceptors (Lipinski definition) is 2. The van der Waals surface area contributed by atoms with Gasteiger partial charge in [0.15, 0.2) is 0 Å². The van der Waals surface area contributed by atoms with Gasteiger partial charge < -0.3 is 4.90 Å². The number of likely N-dealkylation sites (N-methyl/N-ethyl adjacent to an activating group) is 1. The highest BCUT2D eigenvalue weighted by Crippen LogP contribution is 2.27. The van der Waals surface area contributed by atoms with Crippen LogP contribution in [-0.2, 0) is 6.42 Å². The molecule has 2 aliphatic rings. The number of aliphatic imine (C=N–C) groups is 1. The van der Waals surface area contributed by atoms with Crippen LogP contribution in [0, 0.1) is 0 Å². The molecule has 1 aromatic rings. The summed E-state index contributed by atoms with van der Waals surface area (Å²) in [6.07, 6.45) is 7.84. The number of benzene rings is 1. The number of aryl methyl sites for hydroxylation is 1. The van der Waals surface area contributed by atoms with E-state index in [1.54, 1.807) is 5.57 Å². The zero-order valence-electron chi connectivity index (χ0n) is 10.3. The monoisotopic (exact) mass is 226 g/mol. The van der Waals surface area contributed by atoms with Crippen molar-refractivity contribution in [1.29, 1.82) is 0 Å². The number of rotatable bonds is 2. The van der Waals surface area contributed by atoms with Crippen LogP contribution in [0.1, 0.15) is 24.0 Å². The molecule has 2 nitrogen and oxygen atoms in total. The van der Waals surface area contributed by atoms with Crippen molar-refractivity contribution < 1.29 is 0 Å². The molecule has 17 heavy (non-hydrogen) atoms. The molecule has 0 saturated heterocycles. The van der Waals surface area contributed by atoms with Gasteiger partial charge in [-0.2, -0.15) is 0 Å². The SMILES string of the molecule is CN1C=NC(CC2=Cc3ccccc3CC2)C1. The fourth-order valence-electron chi connectivity index (χ4n) is 2.71. The van der Waals surface area contributed by atoms with Crippen LogP contribution in [0.5, 0.6) is 0 Å². The highest BCUT2D eigenvalue weighted by molar-refractivity contribution is 5.60. The molecule has 0 saturated carbocycles. The lowest BCUT2D eigenvalue weighted by molar-refractivity contribution is 0.500. The number of fused-ring (bicyclic) bond motifs is 1. The minimum absolute atomic E-state index is 0.469. The van der Waals surface area contributed by atoms with Crippen molar-refractivity contribution in [3.63, 3.8) is 0 Å². The van der Waals surface area contributed by atoms with Crippen LogP contribution in [-0.4, -0.2) is 30.9 Å². The van der Waals surface area contributed by atoms with E-state index in [2.05, 4.69) is 47.3 Å². The Bertz CT molecular complexity index is 474. The van der Waals surface area contributed by atoms with Crippen molar-refractivity contribution in [3.05, 3.63) is 41.0 Å². The van der Waals surface area contributed by atoms with Crippen molar-refractivity contribution in [1.82, 2.24) is 4.90 Å². The number of nitrogens with zero attached hydrogens (tertiary/aromatic N) is 2. The molecule has 1 heterocycles. The largest absolute Gasteiger partial charge is 0.364 e. The van der Waals surface area contributed by atoms with E-state index >= 15 is 0 Å². The topological polar surface area (TPSA) is 15.6 Å². The molecular weight excluding hydrogens is 208 g/mol. The van der Waals surface area contributed by atoms with E-state index in [0.29, 0.717) is 6.04 Å². The van der Waals surface area contributed by atoms with E-state index in [0.717, 1.165) is 13.0 Å². The average Bonchev–Trinajstić information content (AvgIpc) is 2.75. The average molecular weight is 226 g/mol. The van der Waals surface area contributed by atoms with Gasteiger partial charge in [0.25, 0.3) is 0 Å². The van der Waals surface area contributed by atoms with Gasteiger partial charge in [0.1, 0.15) is 0 Å². The molecule has 1 atom stereocenters. The Morgan fingerprint density at radius 1 is 1.29 bits per heavy atom. The van der Waals surface area contributed by atoms with Gasteiger partial charge in [-0.15, -0.1) is 0 Å². The molecular formula is C15H18N2. The van der Waals surface area contributed by atoms with Gasteiger partial charge in [-0.1, -0.05) is 35.9 Å². The van der Waals surface area contributed by atoms with E-state index in [1.165, 1.54) is 24.0 Å². The molecule has 1 aromatic carbocycles. The van der Waals surface area contributed by atoms with Gasteiger partial charge in [0.2, 0.25) is 0 Å². The third-order valence-corrected chi connectivity index (χ3v) is 3.60. The number of hydrogen-bond donors (Lipinski definition) is 0. The molecule has 3 rings (SSSR count). The molecule has 1 aliphatic heterocycles. The van der Waals surface area contributed by atoms with Gasteiger partial charge in [-0.25, -0.2) is 0 Å². The Kier molecular flexibility index (Phi) is 2.71. The molecule has 0 aromatic heterocycles. The van der Waals surface area contributed by atoms with Gasteiger partial charge in [-0.05, 0) is 30.4 Å². The summed E-state index contributed by atoms with van der Waals surface area (Å²) in [7, 11) is 2.09. The maximum Gasteiger partial charge on any atom is 0.0852 e. The van der Waals surface area contributed by atoms with Crippen molar-refractivity contribution in [2.45, 2.75) is 25.3 Å². The molecule has 0 N–H and O–H groups in total. The third kappa shape index (κ3) is 2.26. The third-order valence-electron chi connectivity index (χ3n) is 3.60. The summed E-state index contributed by atoms with van der Waals surface area (Å²) < 4.78 is 0. The van der Waals surface area contributed by atoms with Gasteiger partial charge in [0, 0.05) is 13.6 Å². The van der Waals surface area contributed by atoms with Crippen molar-refractivity contribution in [2.24, 2.45) is 4.99 Å². The standard InChI is InChI=1S/C15H18N2/c1-17-10-15(16-11-17)9-12-6-7-13-4-2-3-5-14(13)8-12/h2-5,8,11,15H,6-7,9-10H2,1H3. The first-order chi connectivity index (χ1) is 8.31. The lowest BCUT2D eigenvalue weighted by Crippen LogP contribution is -2.19. The van der Waals surface area contributed by atoms with E-state index in [1.807, 2.05) is 6.34 Å². The smallest absolute Gasteiger partial charge is 0.0852 e. The zero-order chi connectivity index (χ0) is 11.7.